The van der Waals surface area contributed by atoms with Gasteiger partial charge >= 0.3 is 0 Å². The molecule has 0 saturated carbocycles. The van der Waals surface area contributed by atoms with Crippen LogP contribution in [0, 0.1) is 20.2 Å². The molecule has 30 heavy (non-hydrogen) atoms. The van der Waals surface area contributed by atoms with Gasteiger partial charge in [-0.1, -0.05) is 12.1 Å². The van der Waals surface area contributed by atoms with Crippen molar-refractivity contribution in [3.8, 4) is 0 Å². The Morgan fingerprint density at radius 2 is 1.70 bits per heavy atom. The van der Waals surface area contributed by atoms with Crippen molar-refractivity contribution in [1.29, 1.82) is 0 Å². The molecule has 0 fully saturated rings. The van der Waals surface area contributed by atoms with E-state index >= 15 is 0 Å². The third-order valence-electron chi connectivity index (χ3n) is 4.94. The van der Waals surface area contributed by atoms with Gasteiger partial charge in [0.2, 0.25) is 0 Å². The van der Waals surface area contributed by atoms with Gasteiger partial charge in [-0.15, -0.1) is 0 Å². The molecule has 0 saturated heterocycles. The quantitative estimate of drug-likeness (QED) is 0.504. The van der Waals surface area contributed by atoms with Gasteiger partial charge in [0.05, 0.1) is 27.2 Å². The van der Waals surface area contributed by atoms with Crippen LogP contribution < -0.4 is 10.2 Å². The van der Waals surface area contributed by atoms with Gasteiger partial charge in [-0.3, -0.25) is 29.8 Å². The maximum atomic E-state index is 12.7. The number of carbonyl (C=O) groups excluding carboxylic acids is 2. The highest BCUT2D eigenvalue weighted by molar-refractivity contribution is 6.27. The number of anilines is 2. The minimum Gasteiger partial charge on any atom is -0.321 e. The summed E-state index contributed by atoms with van der Waals surface area (Å²) in [6, 6.07) is 11.3. The van der Waals surface area contributed by atoms with Gasteiger partial charge in [0.25, 0.3) is 23.2 Å². The van der Waals surface area contributed by atoms with Crippen molar-refractivity contribution in [3.05, 3.63) is 79.9 Å². The van der Waals surface area contributed by atoms with Crippen molar-refractivity contribution in [2.24, 2.45) is 0 Å². The Hall–Kier alpha value is -4.34. The van der Waals surface area contributed by atoms with E-state index < -0.39 is 27.1 Å². The molecule has 0 aliphatic carbocycles. The maximum Gasteiger partial charge on any atom is 0.277 e. The molecule has 1 aliphatic rings. The van der Waals surface area contributed by atoms with E-state index in [1.54, 1.807) is 35.2 Å². The summed E-state index contributed by atoms with van der Waals surface area (Å²) in [6.45, 7) is 2.35. The van der Waals surface area contributed by atoms with Gasteiger partial charge in [-0.05, 0) is 25.1 Å². The molecule has 3 aromatic rings. The molecule has 4 rings (SSSR count). The van der Waals surface area contributed by atoms with E-state index in [4.69, 9.17) is 0 Å². The third kappa shape index (κ3) is 2.91. The number of nitrogens with zero attached hydrogens (tertiary/aromatic N) is 3. The number of hydrogen-bond donors (Lipinski definition) is 1. The molecule has 0 atom stereocenters. The third-order valence-corrected chi connectivity index (χ3v) is 4.94. The number of non-ortho nitro benzene ring substituents is 2. The molecule has 0 aromatic heterocycles. The maximum absolute atomic E-state index is 12.7. The van der Waals surface area contributed by atoms with Crippen LogP contribution in [0.25, 0.3) is 10.8 Å². The lowest BCUT2D eigenvalue weighted by Gasteiger charge is -2.15. The molecular weight excluding hydrogens is 392 g/mol. The Bertz CT molecular complexity index is 1240. The molecule has 3 aromatic carbocycles. The molecule has 10 heteroatoms. The van der Waals surface area contributed by atoms with Crippen LogP contribution in [0.2, 0.25) is 0 Å². The number of benzene rings is 3. The van der Waals surface area contributed by atoms with Crippen LogP contribution in [-0.4, -0.2) is 28.2 Å². The van der Waals surface area contributed by atoms with Gasteiger partial charge in [0, 0.05) is 40.7 Å². The zero-order valence-corrected chi connectivity index (χ0v) is 15.6. The molecule has 0 bridgehead atoms. The van der Waals surface area contributed by atoms with Crippen molar-refractivity contribution in [1.82, 2.24) is 0 Å². The summed E-state index contributed by atoms with van der Waals surface area (Å²) in [7, 11) is 0. The average Bonchev–Trinajstić information content (AvgIpc) is 3.02. The zero-order valence-electron chi connectivity index (χ0n) is 15.6. The van der Waals surface area contributed by atoms with E-state index in [1.807, 2.05) is 6.92 Å². The minimum atomic E-state index is -0.798. The highest BCUT2D eigenvalue weighted by atomic mass is 16.6. The summed E-state index contributed by atoms with van der Waals surface area (Å²) in [5, 5.41) is 26.1. The van der Waals surface area contributed by atoms with E-state index in [9.17, 15) is 29.8 Å². The Morgan fingerprint density at radius 1 is 1.03 bits per heavy atom. The molecule has 1 aliphatic heterocycles. The van der Waals surface area contributed by atoms with Crippen molar-refractivity contribution < 1.29 is 19.4 Å². The second-order valence-corrected chi connectivity index (χ2v) is 6.62. The minimum absolute atomic E-state index is 0.129. The number of amides is 2. The first-order valence-corrected chi connectivity index (χ1v) is 8.94. The Kier molecular flexibility index (Phi) is 4.38. The molecule has 1 N–H and O–H groups in total. The second-order valence-electron chi connectivity index (χ2n) is 6.62. The zero-order chi connectivity index (χ0) is 21.6. The van der Waals surface area contributed by atoms with Gasteiger partial charge in [-0.25, -0.2) is 0 Å². The molecule has 0 spiro atoms. The van der Waals surface area contributed by atoms with Crippen LogP contribution in [0.1, 0.15) is 27.6 Å². The standard InChI is InChI=1S/C20H14N4O6/c1-2-22-17-7-6-16(14-4-3-5-15(18(14)17)20(22)26)21-19(25)11-8-12(23(27)28)10-13(9-11)24(29)30/h3-10H,2H2,1H3,(H,21,25). The summed E-state index contributed by atoms with van der Waals surface area (Å²) >= 11 is 0. The second kappa shape index (κ2) is 6.92. The average molecular weight is 406 g/mol. The number of nitro groups is 2. The van der Waals surface area contributed by atoms with Gasteiger partial charge in [-0.2, -0.15) is 0 Å². The van der Waals surface area contributed by atoms with Crippen molar-refractivity contribution in [3.63, 3.8) is 0 Å². The van der Waals surface area contributed by atoms with E-state index in [0.29, 0.717) is 28.6 Å². The van der Waals surface area contributed by atoms with Crippen LogP contribution >= 0.6 is 0 Å². The predicted octanol–water partition coefficient (Wildman–Crippen LogP) is 3.89. The lowest BCUT2D eigenvalue weighted by atomic mass is 10.0. The summed E-state index contributed by atoms with van der Waals surface area (Å²) in [6.07, 6.45) is 0. The number of rotatable bonds is 5. The molecule has 0 unspecified atom stereocenters. The van der Waals surface area contributed by atoms with Gasteiger partial charge in [0.15, 0.2) is 0 Å². The predicted molar refractivity (Wildman–Crippen MR) is 109 cm³/mol. The summed E-state index contributed by atoms with van der Waals surface area (Å²) < 4.78 is 0. The SMILES string of the molecule is CCN1C(=O)c2cccc3c(NC(=O)c4cc([N+](=O)[O-])cc([N+](=O)[O-])c4)ccc1c23. The van der Waals surface area contributed by atoms with E-state index in [0.717, 1.165) is 23.9 Å². The smallest absolute Gasteiger partial charge is 0.277 e. The van der Waals surface area contributed by atoms with E-state index in [1.165, 1.54) is 0 Å². The fourth-order valence-corrected chi connectivity index (χ4v) is 3.60. The van der Waals surface area contributed by atoms with Crippen molar-refractivity contribution in [2.45, 2.75) is 6.92 Å². The number of hydrogen-bond acceptors (Lipinski definition) is 6. The van der Waals surface area contributed by atoms with E-state index in [2.05, 4.69) is 5.32 Å². The van der Waals surface area contributed by atoms with Crippen LogP contribution in [-0.2, 0) is 0 Å². The molecular formula is C20H14N4O6. The first-order chi connectivity index (χ1) is 14.3. The fourth-order valence-electron chi connectivity index (χ4n) is 3.60. The molecule has 0 radical (unpaired) electrons. The molecule has 1 heterocycles. The summed E-state index contributed by atoms with van der Waals surface area (Å²) in [5.74, 6) is -0.866. The largest absolute Gasteiger partial charge is 0.321 e. The monoisotopic (exact) mass is 406 g/mol. The highest BCUT2D eigenvalue weighted by Gasteiger charge is 2.29. The summed E-state index contributed by atoms with van der Waals surface area (Å²) in [4.78, 5) is 47.5. The fraction of sp³-hybridized carbons (Fsp3) is 0.100. The summed E-state index contributed by atoms with van der Waals surface area (Å²) in [5.41, 5.74) is 0.312. The van der Waals surface area contributed by atoms with Crippen LogP contribution in [0.5, 0.6) is 0 Å². The van der Waals surface area contributed by atoms with Crippen LogP contribution in [0.4, 0.5) is 22.7 Å². The first-order valence-electron chi connectivity index (χ1n) is 8.94. The number of nitrogens with one attached hydrogen (secondary N) is 1. The lowest BCUT2D eigenvalue weighted by molar-refractivity contribution is -0.394. The van der Waals surface area contributed by atoms with Crippen LogP contribution in [0.15, 0.2) is 48.5 Å². The number of carbonyl (C=O) groups is 2. The van der Waals surface area contributed by atoms with Crippen molar-refractivity contribution in [2.75, 3.05) is 16.8 Å². The van der Waals surface area contributed by atoms with E-state index in [-0.39, 0.29) is 11.5 Å². The van der Waals surface area contributed by atoms with Gasteiger partial charge in [0.1, 0.15) is 0 Å². The lowest BCUT2D eigenvalue weighted by Crippen LogP contribution is -2.25. The highest BCUT2D eigenvalue weighted by Crippen LogP contribution is 2.40. The Labute approximate surface area is 169 Å². The Morgan fingerprint density at radius 3 is 2.30 bits per heavy atom. The first kappa shape index (κ1) is 19.0. The topological polar surface area (TPSA) is 136 Å². The molecule has 2 amide bonds. The molecule has 10 nitrogen and oxygen atoms in total. The van der Waals surface area contributed by atoms with Crippen LogP contribution in [0.3, 0.4) is 0 Å². The molecule has 150 valence electrons. The Balaban J connectivity index is 1.77. The number of nitro benzene ring substituents is 2. The van der Waals surface area contributed by atoms with Gasteiger partial charge < -0.3 is 10.2 Å². The van der Waals surface area contributed by atoms with Crippen molar-refractivity contribution >= 4 is 45.3 Å². The normalized spacial score (nSPS) is 12.3.